The minimum absolute atomic E-state index is 0.138. The number of amides is 1. The van der Waals surface area contributed by atoms with Crippen molar-refractivity contribution < 1.29 is 9.18 Å². The highest BCUT2D eigenvalue weighted by molar-refractivity contribution is 5.78. The monoisotopic (exact) mass is 309 g/mol. The molecule has 1 aromatic carbocycles. The van der Waals surface area contributed by atoms with E-state index in [1.165, 1.54) is 0 Å². The first-order chi connectivity index (χ1) is 10.5. The number of rotatable bonds is 3. The molecular weight excluding hydrogens is 281 g/mol. The van der Waals surface area contributed by atoms with Gasteiger partial charge in [-0.05, 0) is 38.7 Å². The predicted molar refractivity (Wildman–Crippen MR) is 89.8 cm³/mol. The molecule has 0 N–H and O–H groups in total. The largest absolute Gasteiger partial charge is 0.366 e. The van der Waals surface area contributed by atoms with Gasteiger partial charge in [0.15, 0.2) is 0 Å². The molecule has 1 saturated heterocycles. The molecule has 124 valence electrons. The van der Waals surface area contributed by atoms with Crippen molar-refractivity contribution in [2.45, 2.75) is 20.8 Å². The summed E-state index contributed by atoms with van der Waals surface area (Å²) in [4.78, 5) is 17.7. The van der Waals surface area contributed by atoms with Gasteiger partial charge in [0.2, 0.25) is 5.91 Å². The number of likely N-dealkylation sites (N-methyl/N-ethyl adjacent to an activating group) is 1. The van der Waals surface area contributed by atoms with Crippen LogP contribution in [0, 0.1) is 12.7 Å². The van der Waals surface area contributed by atoms with Crippen molar-refractivity contribution in [2.24, 2.45) is 0 Å². The van der Waals surface area contributed by atoms with Gasteiger partial charge in [-0.1, -0.05) is 19.9 Å². The van der Waals surface area contributed by atoms with Crippen molar-refractivity contribution in [3.8, 4) is 0 Å². The normalized spacial score (nSPS) is 14.7. The Morgan fingerprint density at radius 2 is 1.77 bits per heavy atom. The second kappa shape index (κ2) is 8.73. The number of halogens is 1. The third kappa shape index (κ3) is 4.98. The molecule has 4 nitrogen and oxygen atoms in total. The van der Waals surface area contributed by atoms with E-state index in [4.69, 9.17) is 0 Å². The molecule has 1 aliphatic rings. The van der Waals surface area contributed by atoms with Crippen LogP contribution in [0.2, 0.25) is 0 Å². The molecule has 0 aromatic heterocycles. The molecule has 1 heterocycles. The summed E-state index contributed by atoms with van der Waals surface area (Å²) in [7, 11) is 3.77. The minimum Gasteiger partial charge on any atom is -0.366 e. The molecule has 0 atom stereocenters. The maximum atomic E-state index is 13.9. The predicted octanol–water partition coefficient (Wildman–Crippen LogP) is 2.37. The fourth-order valence-electron chi connectivity index (χ4n) is 2.44. The summed E-state index contributed by atoms with van der Waals surface area (Å²) in [5.41, 5.74) is 1.56. The number of hydrogen-bond acceptors (Lipinski definition) is 3. The maximum absolute atomic E-state index is 13.9. The highest BCUT2D eigenvalue weighted by Crippen LogP contribution is 2.21. The zero-order chi connectivity index (χ0) is 16.7. The number of carbonyl (C=O) groups is 1. The molecule has 0 saturated carbocycles. The summed E-state index contributed by atoms with van der Waals surface area (Å²) in [6.45, 7) is 8.97. The molecule has 1 amide bonds. The summed E-state index contributed by atoms with van der Waals surface area (Å²) >= 11 is 0. The van der Waals surface area contributed by atoms with Gasteiger partial charge in [-0.15, -0.1) is 0 Å². The number of benzene rings is 1. The van der Waals surface area contributed by atoms with E-state index in [0.717, 1.165) is 5.56 Å². The summed E-state index contributed by atoms with van der Waals surface area (Å²) in [6, 6.07) is 5.29. The van der Waals surface area contributed by atoms with Crippen LogP contribution in [0.3, 0.4) is 0 Å². The average Bonchev–Trinajstić information content (AvgIpc) is 2.49. The van der Waals surface area contributed by atoms with Crippen molar-refractivity contribution in [3.63, 3.8) is 0 Å². The van der Waals surface area contributed by atoms with Crippen molar-refractivity contribution in [2.75, 3.05) is 51.7 Å². The number of piperazine rings is 1. The topological polar surface area (TPSA) is 26.8 Å². The standard InChI is InChI=1S/C15H22FN3O.C2H6/c1-12-4-5-14(13(16)10-12)18-6-8-19(9-7-18)15(20)11-17(2)3;1-2/h4-5,10H,6-9,11H2,1-3H3;1-2H3. The smallest absolute Gasteiger partial charge is 0.236 e. The zero-order valence-corrected chi connectivity index (χ0v) is 14.4. The van der Waals surface area contributed by atoms with Crippen molar-refractivity contribution in [1.29, 1.82) is 0 Å². The van der Waals surface area contributed by atoms with Gasteiger partial charge in [-0.2, -0.15) is 0 Å². The summed E-state index contributed by atoms with van der Waals surface area (Å²) in [5.74, 6) is -0.0444. The van der Waals surface area contributed by atoms with E-state index in [2.05, 4.69) is 0 Å². The van der Waals surface area contributed by atoms with Crippen LogP contribution in [-0.2, 0) is 4.79 Å². The first-order valence-corrected chi connectivity index (χ1v) is 7.91. The minimum atomic E-state index is -0.182. The van der Waals surface area contributed by atoms with E-state index in [1.807, 2.05) is 61.7 Å². The van der Waals surface area contributed by atoms with Crippen LogP contribution in [0.5, 0.6) is 0 Å². The van der Waals surface area contributed by atoms with E-state index in [9.17, 15) is 9.18 Å². The van der Waals surface area contributed by atoms with E-state index in [0.29, 0.717) is 38.4 Å². The average molecular weight is 309 g/mol. The Balaban J connectivity index is 0.00000116. The van der Waals surface area contributed by atoms with Crippen LogP contribution < -0.4 is 4.90 Å². The van der Waals surface area contributed by atoms with Crippen LogP contribution >= 0.6 is 0 Å². The lowest BCUT2D eigenvalue weighted by Gasteiger charge is -2.36. The highest BCUT2D eigenvalue weighted by atomic mass is 19.1. The van der Waals surface area contributed by atoms with Crippen molar-refractivity contribution >= 4 is 11.6 Å². The van der Waals surface area contributed by atoms with Gasteiger partial charge < -0.3 is 14.7 Å². The SMILES string of the molecule is CC.Cc1ccc(N2CCN(C(=O)CN(C)C)CC2)c(F)c1. The van der Waals surface area contributed by atoms with E-state index >= 15 is 0 Å². The molecule has 0 radical (unpaired) electrons. The Morgan fingerprint density at radius 3 is 2.27 bits per heavy atom. The number of aryl methyl sites for hydroxylation is 1. The zero-order valence-electron chi connectivity index (χ0n) is 14.4. The molecular formula is C17H28FN3O. The molecule has 1 aliphatic heterocycles. The first kappa shape index (κ1) is 18.4. The molecule has 5 heteroatoms. The van der Waals surface area contributed by atoms with Gasteiger partial charge in [-0.25, -0.2) is 4.39 Å². The van der Waals surface area contributed by atoms with E-state index < -0.39 is 0 Å². The number of nitrogens with zero attached hydrogens (tertiary/aromatic N) is 3. The molecule has 22 heavy (non-hydrogen) atoms. The lowest BCUT2D eigenvalue weighted by atomic mass is 10.2. The number of anilines is 1. The first-order valence-electron chi connectivity index (χ1n) is 7.91. The quantitative estimate of drug-likeness (QED) is 0.858. The Bertz CT molecular complexity index is 483. The molecule has 1 fully saturated rings. The third-order valence-corrected chi connectivity index (χ3v) is 3.53. The summed E-state index contributed by atoms with van der Waals surface area (Å²) in [5, 5.41) is 0. The lowest BCUT2D eigenvalue weighted by molar-refractivity contribution is -0.132. The Labute approximate surface area is 133 Å². The molecule has 0 bridgehead atoms. The Hall–Kier alpha value is -1.62. The summed E-state index contributed by atoms with van der Waals surface area (Å²) < 4.78 is 13.9. The second-order valence-corrected chi connectivity index (χ2v) is 5.56. The molecule has 0 aliphatic carbocycles. The van der Waals surface area contributed by atoms with Gasteiger partial charge in [0.1, 0.15) is 5.82 Å². The van der Waals surface area contributed by atoms with Gasteiger partial charge in [-0.3, -0.25) is 4.79 Å². The molecule has 2 rings (SSSR count). The Morgan fingerprint density at radius 1 is 1.18 bits per heavy atom. The second-order valence-electron chi connectivity index (χ2n) is 5.56. The van der Waals surface area contributed by atoms with Gasteiger partial charge in [0.25, 0.3) is 0 Å². The van der Waals surface area contributed by atoms with Crippen LogP contribution in [0.25, 0.3) is 0 Å². The van der Waals surface area contributed by atoms with Crippen LogP contribution in [0.1, 0.15) is 19.4 Å². The van der Waals surface area contributed by atoms with Gasteiger partial charge >= 0.3 is 0 Å². The van der Waals surface area contributed by atoms with Gasteiger partial charge in [0, 0.05) is 26.2 Å². The fourth-order valence-corrected chi connectivity index (χ4v) is 2.44. The van der Waals surface area contributed by atoms with Crippen molar-refractivity contribution in [3.05, 3.63) is 29.6 Å². The fraction of sp³-hybridized carbons (Fsp3) is 0.588. The maximum Gasteiger partial charge on any atom is 0.236 e. The van der Waals surface area contributed by atoms with Crippen LogP contribution in [-0.4, -0.2) is 62.5 Å². The Kier molecular flexibility index (Phi) is 7.32. The van der Waals surface area contributed by atoms with E-state index in [1.54, 1.807) is 6.07 Å². The van der Waals surface area contributed by atoms with Crippen LogP contribution in [0.15, 0.2) is 18.2 Å². The van der Waals surface area contributed by atoms with E-state index in [-0.39, 0.29) is 11.7 Å². The van der Waals surface area contributed by atoms with Crippen molar-refractivity contribution in [1.82, 2.24) is 9.80 Å². The van der Waals surface area contributed by atoms with Crippen LogP contribution in [0.4, 0.5) is 10.1 Å². The van der Waals surface area contributed by atoms with Gasteiger partial charge in [0.05, 0.1) is 12.2 Å². The molecule has 1 aromatic rings. The summed E-state index contributed by atoms with van der Waals surface area (Å²) in [6.07, 6.45) is 0. The third-order valence-electron chi connectivity index (χ3n) is 3.53. The molecule has 0 spiro atoms. The number of carbonyl (C=O) groups excluding carboxylic acids is 1. The lowest BCUT2D eigenvalue weighted by Crippen LogP contribution is -2.50. The number of hydrogen-bond donors (Lipinski definition) is 0. The molecule has 0 unspecified atom stereocenters. The highest BCUT2D eigenvalue weighted by Gasteiger charge is 2.22.